The molecule has 4 heterocycles. The first-order valence-electron chi connectivity index (χ1n) is 11.4. The van der Waals surface area contributed by atoms with E-state index in [9.17, 15) is 9.18 Å². The highest BCUT2D eigenvalue weighted by molar-refractivity contribution is 6.13. The molecule has 1 aliphatic heterocycles. The number of aryl methyl sites for hydroxylation is 1. The molecule has 34 heavy (non-hydrogen) atoms. The van der Waals surface area contributed by atoms with Gasteiger partial charge in [0.25, 0.3) is 5.91 Å². The highest BCUT2D eigenvalue weighted by atomic mass is 19.1. The molecule has 1 aliphatic rings. The molecule has 9 nitrogen and oxygen atoms in total. The number of nitrogens with one attached hydrogen (secondary N) is 2. The quantitative estimate of drug-likeness (QED) is 0.455. The van der Waals surface area contributed by atoms with Gasteiger partial charge in [-0.3, -0.25) is 9.48 Å². The third-order valence-corrected chi connectivity index (χ3v) is 6.13. The summed E-state index contributed by atoms with van der Waals surface area (Å²) in [5.41, 5.74) is 3.36. The van der Waals surface area contributed by atoms with E-state index in [2.05, 4.69) is 20.5 Å². The standard InChI is InChI=1S/C24H28FN7O2/c1-15-11-31-13-17(10-20(25)23(31)27-15)28-24(33)18-4-5-21(30-8-6-26-7-9-30)19-14-32(29-22(18)19)12-16(2)34-3/h4-5,10-11,13-14,16,26H,6-9,12H2,1-3H3,(H,28,33). The summed E-state index contributed by atoms with van der Waals surface area (Å²) in [5, 5.41) is 11.8. The maximum atomic E-state index is 14.5. The van der Waals surface area contributed by atoms with Gasteiger partial charge in [-0.15, -0.1) is 0 Å². The first-order valence-corrected chi connectivity index (χ1v) is 11.4. The summed E-state index contributed by atoms with van der Waals surface area (Å²) in [6, 6.07) is 5.05. The van der Waals surface area contributed by atoms with Crippen LogP contribution >= 0.6 is 0 Å². The molecule has 0 saturated carbocycles. The van der Waals surface area contributed by atoms with Crippen molar-refractivity contribution >= 4 is 33.8 Å². The Morgan fingerprint density at radius 2 is 2.06 bits per heavy atom. The van der Waals surface area contributed by atoms with Gasteiger partial charge in [-0.05, 0) is 26.0 Å². The van der Waals surface area contributed by atoms with Crippen molar-refractivity contribution < 1.29 is 13.9 Å². The lowest BCUT2D eigenvalue weighted by Crippen LogP contribution is -2.43. The number of ether oxygens (including phenoxy) is 1. The number of piperazine rings is 1. The van der Waals surface area contributed by atoms with Gasteiger partial charge in [0.1, 0.15) is 5.52 Å². The Balaban J connectivity index is 1.52. The number of carbonyl (C=O) groups excluding carboxylic acids is 1. The van der Waals surface area contributed by atoms with Crippen molar-refractivity contribution in [2.45, 2.75) is 26.5 Å². The van der Waals surface area contributed by atoms with Gasteiger partial charge in [0.15, 0.2) is 11.5 Å². The summed E-state index contributed by atoms with van der Waals surface area (Å²) in [4.78, 5) is 19.8. The second-order valence-corrected chi connectivity index (χ2v) is 8.67. The lowest BCUT2D eigenvalue weighted by molar-refractivity contribution is 0.100. The molecule has 10 heteroatoms. The molecule has 0 aliphatic carbocycles. The van der Waals surface area contributed by atoms with Crippen LogP contribution in [0.2, 0.25) is 0 Å². The summed E-state index contributed by atoms with van der Waals surface area (Å²) in [7, 11) is 1.66. The van der Waals surface area contributed by atoms with Gasteiger partial charge in [0.05, 0.1) is 29.6 Å². The summed E-state index contributed by atoms with van der Waals surface area (Å²) < 4.78 is 23.3. The molecule has 178 valence electrons. The number of rotatable bonds is 6. The number of carbonyl (C=O) groups is 1. The van der Waals surface area contributed by atoms with Gasteiger partial charge in [-0.2, -0.15) is 5.10 Å². The Labute approximate surface area is 196 Å². The minimum Gasteiger partial charge on any atom is -0.380 e. The summed E-state index contributed by atoms with van der Waals surface area (Å²) >= 11 is 0. The molecule has 1 amide bonds. The first kappa shape index (κ1) is 22.3. The second-order valence-electron chi connectivity index (χ2n) is 8.67. The van der Waals surface area contributed by atoms with Crippen LogP contribution in [0.3, 0.4) is 0 Å². The molecule has 5 rings (SSSR count). The fourth-order valence-electron chi connectivity index (χ4n) is 4.38. The molecule has 1 saturated heterocycles. The van der Waals surface area contributed by atoms with E-state index in [4.69, 9.17) is 9.84 Å². The maximum absolute atomic E-state index is 14.5. The lowest BCUT2D eigenvalue weighted by atomic mass is 10.1. The molecular weight excluding hydrogens is 437 g/mol. The molecule has 3 aromatic heterocycles. The highest BCUT2D eigenvalue weighted by Crippen LogP contribution is 2.30. The number of methoxy groups -OCH3 is 1. The van der Waals surface area contributed by atoms with Crippen LogP contribution in [0, 0.1) is 12.7 Å². The largest absolute Gasteiger partial charge is 0.380 e. The molecule has 0 radical (unpaired) electrons. The van der Waals surface area contributed by atoms with E-state index in [0.717, 1.165) is 37.3 Å². The van der Waals surface area contributed by atoms with Gasteiger partial charge in [0, 0.05) is 69.0 Å². The number of hydrogen-bond donors (Lipinski definition) is 2. The van der Waals surface area contributed by atoms with Crippen LogP contribution in [0.1, 0.15) is 23.0 Å². The molecule has 0 spiro atoms. The van der Waals surface area contributed by atoms with E-state index in [-0.39, 0.29) is 17.7 Å². The summed E-state index contributed by atoms with van der Waals surface area (Å²) in [6.45, 7) is 7.89. The molecule has 4 aromatic rings. The van der Waals surface area contributed by atoms with Gasteiger partial charge in [0.2, 0.25) is 0 Å². The third-order valence-electron chi connectivity index (χ3n) is 6.13. The Morgan fingerprint density at radius 1 is 1.26 bits per heavy atom. The number of pyridine rings is 1. The average Bonchev–Trinajstić information content (AvgIpc) is 3.41. The zero-order chi connectivity index (χ0) is 23.8. The van der Waals surface area contributed by atoms with Crippen LogP contribution in [0.25, 0.3) is 16.6 Å². The predicted octanol–water partition coefficient (Wildman–Crippen LogP) is 2.83. The minimum absolute atomic E-state index is 0.0254. The minimum atomic E-state index is -0.497. The fraction of sp³-hybridized carbons (Fsp3) is 0.375. The lowest BCUT2D eigenvalue weighted by Gasteiger charge is -2.30. The SMILES string of the molecule is COC(C)Cn1cc2c(N3CCNCC3)ccc(C(=O)Nc3cc(F)c4nc(C)cn4c3)c2n1. The molecule has 1 fully saturated rings. The number of amides is 1. The van der Waals surface area contributed by atoms with Gasteiger partial charge >= 0.3 is 0 Å². The fourth-order valence-corrected chi connectivity index (χ4v) is 4.38. The van der Waals surface area contributed by atoms with Crippen LogP contribution in [-0.4, -0.2) is 64.5 Å². The zero-order valence-electron chi connectivity index (χ0n) is 19.5. The number of imidazole rings is 1. The number of benzene rings is 1. The van der Waals surface area contributed by atoms with Crippen molar-refractivity contribution in [3.05, 3.63) is 53.9 Å². The smallest absolute Gasteiger partial charge is 0.257 e. The van der Waals surface area contributed by atoms with E-state index in [1.165, 1.54) is 6.07 Å². The van der Waals surface area contributed by atoms with Crippen molar-refractivity contribution in [2.24, 2.45) is 0 Å². The number of anilines is 2. The predicted molar refractivity (Wildman–Crippen MR) is 129 cm³/mol. The van der Waals surface area contributed by atoms with E-state index < -0.39 is 5.82 Å². The Bertz CT molecular complexity index is 1360. The van der Waals surface area contributed by atoms with Crippen LogP contribution in [0.5, 0.6) is 0 Å². The van der Waals surface area contributed by atoms with E-state index in [0.29, 0.717) is 29.0 Å². The number of halogens is 1. The molecule has 1 aromatic carbocycles. The number of fused-ring (bicyclic) bond motifs is 2. The van der Waals surface area contributed by atoms with Crippen LogP contribution < -0.4 is 15.5 Å². The van der Waals surface area contributed by atoms with Crippen LogP contribution in [0.4, 0.5) is 15.8 Å². The molecule has 2 N–H and O–H groups in total. The van der Waals surface area contributed by atoms with Crippen molar-refractivity contribution in [1.29, 1.82) is 0 Å². The Morgan fingerprint density at radius 3 is 2.82 bits per heavy atom. The van der Waals surface area contributed by atoms with E-state index >= 15 is 0 Å². The van der Waals surface area contributed by atoms with E-state index in [1.807, 2.05) is 23.9 Å². The van der Waals surface area contributed by atoms with Gasteiger partial charge in [-0.1, -0.05) is 0 Å². The molecule has 1 atom stereocenters. The number of aromatic nitrogens is 4. The summed E-state index contributed by atoms with van der Waals surface area (Å²) in [6.07, 6.45) is 5.32. The topological polar surface area (TPSA) is 88.7 Å². The van der Waals surface area contributed by atoms with Crippen molar-refractivity contribution in [3.63, 3.8) is 0 Å². The van der Waals surface area contributed by atoms with Crippen LogP contribution in [-0.2, 0) is 11.3 Å². The number of nitrogens with zero attached hydrogens (tertiary/aromatic N) is 5. The highest BCUT2D eigenvalue weighted by Gasteiger charge is 2.21. The van der Waals surface area contributed by atoms with Crippen molar-refractivity contribution in [1.82, 2.24) is 24.5 Å². The molecule has 0 bridgehead atoms. The molecule has 1 unspecified atom stereocenters. The monoisotopic (exact) mass is 465 g/mol. The van der Waals surface area contributed by atoms with Crippen molar-refractivity contribution in [3.8, 4) is 0 Å². The summed E-state index contributed by atoms with van der Waals surface area (Å²) in [5.74, 6) is -0.847. The normalized spacial score (nSPS) is 15.2. The van der Waals surface area contributed by atoms with Crippen molar-refractivity contribution in [2.75, 3.05) is 43.5 Å². The van der Waals surface area contributed by atoms with Crippen LogP contribution in [0.15, 0.2) is 36.8 Å². The Hall–Kier alpha value is -3.50. The van der Waals surface area contributed by atoms with E-state index in [1.54, 1.807) is 36.9 Å². The van der Waals surface area contributed by atoms with Gasteiger partial charge < -0.3 is 24.7 Å². The first-order chi connectivity index (χ1) is 16.4. The molecular formula is C24H28FN7O2. The number of hydrogen-bond acceptors (Lipinski definition) is 6. The van der Waals surface area contributed by atoms with Gasteiger partial charge in [-0.25, -0.2) is 9.37 Å². The maximum Gasteiger partial charge on any atom is 0.257 e. The zero-order valence-corrected chi connectivity index (χ0v) is 19.5. The average molecular weight is 466 g/mol. The second kappa shape index (κ2) is 9.03. The Kier molecular flexibility index (Phi) is 5.93. The third kappa shape index (κ3) is 4.22.